The van der Waals surface area contributed by atoms with Crippen LogP contribution in [0.4, 0.5) is 13.2 Å². The molecular weight excluding hydrogens is 289 g/mol. The summed E-state index contributed by atoms with van der Waals surface area (Å²) in [7, 11) is 0. The van der Waals surface area contributed by atoms with E-state index in [1.165, 1.54) is 0 Å². The Morgan fingerprint density at radius 3 is 2.56 bits per heavy atom. The summed E-state index contributed by atoms with van der Waals surface area (Å²) >= 11 is 3.05. The Morgan fingerprint density at radius 2 is 2.06 bits per heavy atom. The minimum Gasteiger partial charge on any atom is -0.309 e. The number of rotatable bonds is 2. The molecule has 2 rings (SSSR count). The topological polar surface area (TPSA) is 45.8 Å². The van der Waals surface area contributed by atoms with Crippen molar-refractivity contribution in [2.45, 2.75) is 31.4 Å². The molecule has 1 aliphatic carbocycles. The van der Waals surface area contributed by atoms with Crippen LogP contribution in [-0.4, -0.2) is 16.1 Å². The third kappa shape index (κ3) is 2.63. The molecule has 0 bridgehead atoms. The van der Waals surface area contributed by atoms with Gasteiger partial charge < -0.3 is 4.98 Å². The fourth-order valence-electron chi connectivity index (χ4n) is 1.43. The minimum atomic E-state index is -4.36. The van der Waals surface area contributed by atoms with Crippen molar-refractivity contribution >= 4 is 15.9 Å². The zero-order valence-electron chi connectivity index (χ0n) is 8.07. The van der Waals surface area contributed by atoms with Crippen LogP contribution in [0.5, 0.6) is 0 Å². The summed E-state index contributed by atoms with van der Waals surface area (Å²) in [6, 6.07) is 0. The van der Waals surface area contributed by atoms with Crippen LogP contribution in [0.15, 0.2) is 9.27 Å². The maximum Gasteiger partial charge on any atom is 0.396 e. The number of hydrogen-bond donors (Lipinski definition) is 1. The van der Waals surface area contributed by atoms with Gasteiger partial charge in [-0.1, -0.05) is 0 Å². The molecule has 3 nitrogen and oxygen atoms in total. The zero-order chi connectivity index (χ0) is 11.9. The summed E-state index contributed by atoms with van der Waals surface area (Å²) in [6.07, 6.45) is -3.80. The standard InChI is InChI=1S/C9H8BrF3N2O/c10-6-7(4-1-2-4)14-5(15-8(6)16)3-9(11,12)13/h4H,1-3H2,(H,14,15,16). The van der Waals surface area contributed by atoms with Crippen molar-refractivity contribution in [1.29, 1.82) is 0 Å². The maximum atomic E-state index is 12.1. The number of H-pyrrole nitrogens is 1. The lowest BCUT2D eigenvalue weighted by Crippen LogP contribution is -2.21. The molecule has 7 heteroatoms. The van der Waals surface area contributed by atoms with E-state index in [1.54, 1.807) is 0 Å². The molecule has 1 saturated carbocycles. The van der Waals surface area contributed by atoms with Crippen LogP contribution in [-0.2, 0) is 6.42 Å². The molecule has 1 aliphatic rings. The van der Waals surface area contributed by atoms with Gasteiger partial charge in [0.25, 0.3) is 5.56 Å². The number of aromatic nitrogens is 2. The molecule has 0 atom stereocenters. The predicted molar refractivity (Wildman–Crippen MR) is 54.3 cm³/mol. The van der Waals surface area contributed by atoms with E-state index < -0.39 is 18.2 Å². The van der Waals surface area contributed by atoms with Crippen molar-refractivity contribution in [1.82, 2.24) is 9.97 Å². The number of halogens is 4. The first-order valence-electron chi connectivity index (χ1n) is 4.72. The number of hydrogen-bond acceptors (Lipinski definition) is 2. The number of aromatic amines is 1. The van der Waals surface area contributed by atoms with Gasteiger partial charge in [0.05, 0.1) is 5.69 Å². The van der Waals surface area contributed by atoms with Gasteiger partial charge in [-0.25, -0.2) is 4.98 Å². The van der Waals surface area contributed by atoms with Gasteiger partial charge in [-0.3, -0.25) is 4.79 Å². The molecule has 1 heterocycles. The molecular formula is C9H8BrF3N2O. The van der Waals surface area contributed by atoms with E-state index in [4.69, 9.17) is 0 Å². The van der Waals surface area contributed by atoms with E-state index >= 15 is 0 Å². The molecule has 88 valence electrons. The SMILES string of the molecule is O=c1[nH]c(CC(F)(F)F)nc(C2CC2)c1Br. The van der Waals surface area contributed by atoms with Gasteiger partial charge in [-0.15, -0.1) is 0 Å². The Labute approximate surface area is 97.2 Å². The lowest BCUT2D eigenvalue weighted by atomic mass is 10.2. The molecule has 0 aliphatic heterocycles. The van der Waals surface area contributed by atoms with E-state index in [1.807, 2.05) is 0 Å². The van der Waals surface area contributed by atoms with Crippen LogP contribution in [0.1, 0.15) is 30.3 Å². The summed E-state index contributed by atoms with van der Waals surface area (Å²) in [5.41, 5.74) is -0.0980. The highest BCUT2D eigenvalue weighted by Gasteiger charge is 2.32. The normalized spacial score (nSPS) is 16.5. The first-order valence-corrected chi connectivity index (χ1v) is 5.51. The quantitative estimate of drug-likeness (QED) is 0.911. The van der Waals surface area contributed by atoms with Gasteiger partial charge in [0.15, 0.2) is 0 Å². The summed E-state index contributed by atoms with van der Waals surface area (Å²) < 4.78 is 36.7. The van der Waals surface area contributed by atoms with Crippen LogP contribution >= 0.6 is 15.9 Å². The molecule has 0 spiro atoms. The second-order valence-corrected chi connectivity index (χ2v) is 4.57. The molecule has 1 N–H and O–H groups in total. The third-order valence-electron chi connectivity index (χ3n) is 2.27. The maximum absolute atomic E-state index is 12.1. The summed E-state index contributed by atoms with van der Waals surface area (Å²) in [5.74, 6) is -0.189. The average Bonchev–Trinajstić information content (AvgIpc) is 2.91. The van der Waals surface area contributed by atoms with Crippen LogP contribution in [0.25, 0.3) is 0 Å². The lowest BCUT2D eigenvalue weighted by Gasteiger charge is -2.08. The van der Waals surface area contributed by atoms with Crippen molar-refractivity contribution in [3.8, 4) is 0 Å². The van der Waals surface area contributed by atoms with Crippen LogP contribution in [0.2, 0.25) is 0 Å². The molecule has 16 heavy (non-hydrogen) atoms. The first-order chi connectivity index (χ1) is 7.37. The highest BCUT2D eigenvalue weighted by Crippen LogP contribution is 2.41. The van der Waals surface area contributed by atoms with E-state index in [-0.39, 0.29) is 16.2 Å². The molecule has 0 amide bonds. The fourth-order valence-corrected chi connectivity index (χ4v) is 1.94. The average molecular weight is 297 g/mol. The Kier molecular flexibility index (Phi) is 2.81. The molecule has 0 unspecified atom stereocenters. The van der Waals surface area contributed by atoms with Crippen LogP contribution in [0.3, 0.4) is 0 Å². The van der Waals surface area contributed by atoms with Crippen molar-refractivity contribution in [2.24, 2.45) is 0 Å². The highest BCUT2D eigenvalue weighted by atomic mass is 79.9. The molecule has 0 radical (unpaired) electrons. The molecule has 0 saturated heterocycles. The zero-order valence-corrected chi connectivity index (χ0v) is 9.65. The summed E-state index contributed by atoms with van der Waals surface area (Å²) in [6.45, 7) is 0. The predicted octanol–water partition coefficient (Wildman–Crippen LogP) is 2.51. The summed E-state index contributed by atoms with van der Waals surface area (Å²) in [4.78, 5) is 17.3. The second-order valence-electron chi connectivity index (χ2n) is 3.78. The van der Waals surface area contributed by atoms with Crippen molar-refractivity contribution in [3.63, 3.8) is 0 Å². The number of nitrogens with one attached hydrogen (secondary N) is 1. The van der Waals surface area contributed by atoms with Crippen molar-refractivity contribution in [3.05, 3.63) is 26.3 Å². The van der Waals surface area contributed by atoms with E-state index in [0.29, 0.717) is 5.69 Å². The largest absolute Gasteiger partial charge is 0.396 e. The smallest absolute Gasteiger partial charge is 0.309 e. The summed E-state index contributed by atoms with van der Waals surface area (Å²) in [5, 5.41) is 0. The molecule has 1 aromatic heterocycles. The number of alkyl halides is 3. The first kappa shape index (κ1) is 11.6. The van der Waals surface area contributed by atoms with Gasteiger partial charge in [-0.05, 0) is 28.8 Å². The molecule has 1 fully saturated rings. The van der Waals surface area contributed by atoms with E-state index in [0.717, 1.165) is 12.8 Å². The van der Waals surface area contributed by atoms with E-state index in [2.05, 4.69) is 25.9 Å². The highest BCUT2D eigenvalue weighted by molar-refractivity contribution is 9.10. The Balaban J connectivity index is 2.37. The van der Waals surface area contributed by atoms with Gasteiger partial charge in [0.1, 0.15) is 16.7 Å². The molecule has 1 aromatic rings. The van der Waals surface area contributed by atoms with Crippen LogP contribution in [0, 0.1) is 0 Å². The minimum absolute atomic E-state index is 0.128. The van der Waals surface area contributed by atoms with Crippen molar-refractivity contribution < 1.29 is 13.2 Å². The Morgan fingerprint density at radius 1 is 1.44 bits per heavy atom. The van der Waals surface area contributed by atoms with E-state index in [9.17, 15) is 18.0 Å². The molecule has 0 aromatic carbocycles. The van der Waals surface area contributed by atoms with Crippen LogP contribution < -0.4 is 5.56 Å². The fraction of sp³-hybridized carbons (Fsp3) is 0.556. The van der Waals surface area contributed by atoms with Crippen molar-refractivity contribution in [2.75, 3.05) is 0 Å². The Hall–Kier alpha value is -0.850. The van der Waals surface area contributed by atoms with Gasteiger partial charge >= 0.3 is 6.18 Å². The van der Waals surface area contributed by atoms with Gasteiger partial charge in [-0.2, -0.15) is 13.2 Å². The lowest BCUT2D eigenvalue weighted by molar-refractivity contribution is -0.128. The van der Waals surface area contributed by atoms with Gasteiger partial charge in [0.2, 0.25) is 0 Å². The monoisotopic (exact) mass is 296 g/mol. The Bertz CT molecular complexity index is 465. The number of nitrogens with zero attached hydrogens (tertiary/aromatic N) is 1. The second kappa shape index (κ2) is 3.87. The van der Waals surface area contributed by atoms with Gasteiger partial charge in [0, 0.05) is 5.92 Å². The third-order valence-corrected chi connectivity index (χ3v) is 3.04.